The number of hydrogen-bond donors (Lipinski definition) is 1. The van der Waals surface area contributed by atoms with Gasteiger partial charge in [-0.3, -0.25) is 9.10 Å². The summed E-state index contributed by atoms with van der Waals surface area (Å²) in [6.07, 6.45) is 0.673. The highest BCUT2D eigenvalue weighted by Crippen LogP contribution is 2.43. The van der Waals surface area contributed by atoms with Crippen LogP contribution in [0.3, 0.4) is 0 Å². The van der Waals surface area contributed by atoms with Gasteiger partial charge in [0.25, 0.3) is 10.0 Å². The molecule has 3 rings (SSSR count). The first-order valence-corrected chi connectivity index (χ1v) is 10.8. The molecule has 0 aromatic heterocycles. The molecule has 0 radical (unpaired) electrons. The van der Waals surface area contributed by atoms with Crippen LogP contribution in [0.25, 0.3) is 11.1 Å². The maximum atomic E-state index is 13.2. The number of methoxy groups -OCH3 is 1. The number of fused-ring (bicyclic) bond motifs is 3. The van der Waals surface area contributed by atoms with Crippen molar-refractivity contribution in [1.82, 2.24) is 5.32 Å². The first-order valence-electron chi connectivity index (χ1n) is 9.38. The molecular formula is C21H26N2O4S. The van der Waals surface area contributed by atoms with Crippen LogP contribution in [0.2, 0.25) is 0 Å². The largest absolute Gasteiger partial charge is 0.385 e. The first-order chi connectivity index (χ1) is 13.4. The fourth-order valence-electron chi connectivity index (χ4n) is 3.31. The van der Waals surface area contributed by atoms with Gasteiger partial charge in [0.2, 0.25) is 5.91 Å². The van der Waals surface area contributed by atoms with Crippen LogP contribution in [0.5, 0.6) is 0 Å². The van der Waals surface area contributed by atoms with E-state index < -0.39 is 10.0 Å². The number of sulfonamides is 1. The lowest BCUT2D eigenvalue weighted by Crippen LogP contribution is -2.42. The number of ether oxygens (including phenoxy) is 1. The van der Waals surface area contributed by atoms with Crippen molar-refractivity contribution in [3.8, 4) is 11.1 Å². The molecule has 0 aliphatic carbocycles. The van der Waals surface area contributed by atoms with Gasteiger partial charge in [-0.05, 0) is 36.1 Å². The van der Waals surface area contributed by atoms with Gasteiger partial charge in [-0.2, -0.15) is 0 Å². The summed E-state index contributed by atoms with van der Waals surface area (Å²) in [7, 11) is -2.21. The predicted molar refractivity (Wildman–Crippen MR) is 110 cm³/mol. The Bertz CT molecular complexity index is 970. The second-order valence-corrected chi connectivity index (χ2v) is 8.97. The maximum absolute atomic E-state index is 13.2. The summed E-state index contributed by atoms with van der Waals surface area (Å²) in [5, 5.41) is 2.76. The molecule has 0 fully saturated rings. The van der Waals surface area contributed by atoms with Crippen LogP contribution in [0.4, 0.5) is 5.69 Å². The number of hydrogen-bond acceptors (Lipinski definition) is 4. The average Bonchev–Trinajstić information content (AvgIpc) is 2.68. The van der Waals surface area contributed by atoms with E-state index in [1.54, 1.807) is 25.3 Å². The van der Waals surface area contributed by atoms with Crippen LogP contribution >= 0.6 is 0 Å². The average molecular weight is 403 g/mol. The van der Waals surface area contributed by atoms with Crippen molar-refractivity contribution >= 4 is 21.6 Å². The quantitative estimate of drug-likeness (QED) is 0.722. The molecule has 1 heterocycles. The van der Waals surface area contributed by atoms with E-state index in [0.29, 0.717) is 36.7 Å². The van der Waals surface area contributed by atoms with Gasteiger partial charge in [-0.1, -0.05) is 38.1 Å². The van der Waals surface area contributed by atoms with Gasteiger partial charge in [-0.15, -0.1) is 0 Å². The van der Waals surface area contributed by atoms with Gasteiger partial charge in [0, 0.05) is 31.4 Å². The summed E-state index contributed by atoms with van der Waals surface area (Å²) in [6, 6.07) is 12.7. The van der Waals surface area contributed by atoms with E-state index in [2.05, 4.69) is 19.2 Å². The molecule has 28 heavy (non-hydrogen) atoms. The second-order valence-electron chi connectivity index (χ2n) is 7.14. The Balaban J connectivity index is 1.99. The van der Waals surface area contributed by atoms with Gasteiger partial charge >= 0.3 is 0 Å². The Kier molecular flexibility index (Phi) is 6.05. The molecule has 1 N–H and O–H groups in total. The van der Waals surface area contributed by atoms with Crippen LogP contribution in [0, 0.1) is 0 Å². The summed E-state index contributed by atoms with van der Waals surface area (Å²) < 4.78 is 32.6. The standard InChI is InChI=1S/C21H26N2O4S/c1-15(2)16-9-10-19-18(13-16)17-7-4-5-8-20(17)28(25,26)23(19)14-21(24)22-11-6-12-27-3/h4-5,7-10,13,15H,6,11-12,14H2,1-3H3,(H,22,24). The number of nitrogens with one attached hydrogen (secondary N) is 1. The number of amides is 1. The van der Waals surface area contributed by atoms with Crippen molar-refractivity contribution < 1.29 is 17.9 Å². The van der Waals surface area contributed by atoms with Crippen molar-refractivity contribution in [3.05, 3.63) is 48.0 Å². The van der Waals surface area contributed by atoms with E-state index in [9.17, 15) is 13.2 Å². The van der Waals surface area contributed by atoms with Crippen LogP contribution < -0.4 is 9.62 Å². The number of carbonyl (C=O) groups excluding carboxylic acids is 1. The van der Waals surface area contributed by atoms with E-state index in [1.807, 2.05) is 24.3 Å². The van der Waals surface area contributed by atoms with Crippen LogP contribution in [0.1, 0.15) is 31.7 Å². The molecule has 0 saturated heterocycles. The summed E-state index contributed by atoms with van der Waals surface area (Å²) in [5.41, 5.74) is 3.17. The van der Waals surface area contributed by atoms with Gasteiger partial charge in [0.05, 0.1) is 10.6 Å². The Morgan fingerprint density at radius 2 is 1.89 bits per heavy atom. The fourth-order valence-corrected chi connectivity index (χ4v) is 4.96. The molecule has 1 amide bonds. The van der Waals surface area contributed by atoms with E-state index in [-0.39, 0.29) is 17.3 Å². The minimum atomic E-state index is -3.81. The maximum Gasteiger partial charge on any atom is 0.265 e. The molecule has 0 spiro atoms. The van der Waals surface area contributed by atoms with Crippen LogP contribution in [-0.2, 0) is 19.6 Å². The van der Waals surface area contributed by atoms with Crippen LogP contribution in [-0.4, -0.2) is 41.1 Å². The smallest absolute Gasteiger partial charge is 0.265 e. The third kappa shape index (κ3) is 3.91. The second kappa shape index (κ2) is 8.32. The highest BCUT2D eigenvalue weighted by atomic mass is 32.2. The molecule has 2 aromatic rings. The molecule has 1 aliphatic heterocycles. The highest BCUT2D eigenvalue weighted by molar-refractivity contribution is 7.93. The number of carbonyl (C=O) groups is 1. The lowest BCUT2D eigenvalue weighted by atomic mass is 9.95. The Morgan fingerprint density at radius 1 is 1.14 bits per heavy atom. The minimum Gasteiger partial charge on any atom is -0.385 e. The number of anilines is 1. The van der Waals surface area contributed by atoms with E-state index in [1.165, 1.54) is 4.31 Å². The summed E-state index contributed by atoms with van der Waals surface area (Å²) in [5.74, 6) is -0.0218. The lowest BCUT2D eigenvalue weighted by Gasteiger charge is -2.32. The Morgan fingerprint density at radius 3 is 2.61 bits per heavy atom. The molecule has 0 saturated carbocycles. The van der Waals surface area contributed by atoms with Gasteiger partial charge in [0.1, 0.15) is 6.54 Å². The third-order valence-corrected chi connectivity index (χ3v) is 6.65. The number of rotatable bonds is 7. The molecule has 1 aliphatic rings. The van der Waals surface area contributed by atoms with Crippen molar-refractivity contribution in [2.45, 2.75) is 31.1 Å². The molecule has 0 bridgehead atoms. The molecule has 2 aromatic carbocycles. The lowest BCUT2D eigenvalue weighted by molar-refractivity contribution is -0.119. The molecule has 150 valence electrons. The topological polar surface area (TPSA) is 75.7 Å². The predicted octanol–water partition coefficient (Wildman–Crippen LogP) is 3.14. The van der Waals surface area contributed by atoms with Crippen molar-refractivity contribution in [2.75, 3.05) is 31.1 Å². The summed E-state index contributed by atoms with van der Waals surface area (Å²) >= 11 is 0. The zero-order valence-electron chi connectivity index (χ0n) is 16.4. The first kappa shape index (κ1) is 20.4. The van der Waals surface area contributed by atoms with E-state index in [0.717, 1.165) is 11.1 Å². The Hall–Kier alpha value is -2.38. The molecule has 0 atom stereocenters. The highest BCUT2D eigenvalue weighted by Gasteiger charge is 2.35. The van der Waals surface area contributed by atoms with Crippen LogP contribution in [0.15, 0.2) is 47.4 Å². The number of nitrogens with zero attached hydrogens (tertiary/aromatic N) is 1. The van der Waals surface area contributed by atoms with E-state index >= 15 is 0 Å². The SMILES string of the molecule is COCCCNC(=O)CN1c2ccc(C(C)C)cc2-c2ccccc2S1(=O)=O. The molecule has 0 unspecified atom stereocenters. The van der Waals surface area contributed by atoms with Gasteiger partial charge < -0.3 is 10.1 Å². The summed E-state index contributed by atoms with van der Waals surface area (Å²) in [6.45, 7) is 4.92. The monoisotopic (exact) mass is 402 g/mol. The van der Waals surface area contributed by atoms with Gasteiger partial charge in [-0.25, -0.2) is 8.42 Å². The number of benzene rings is 2. The minimum absolute atomic E-state index is 0.232. The summed E-state index contributed by atoms with van der Waals surface area (Å²) in [4.78, 5) is 12.6. The van der Waals surface area contributed by atoms with Crippen molar-refractivity contribution in [2.24, 2.45) is 0 Å². The molecule has 7 heteroatoms. The molecule has 6 nitrogen and oxygen atoms in total. The van der Waals surface area contributed by atoms with Crippen molar-refractivity contribution in [3.63, 3.8) is 0 Å². The third-order valence-electron chi connectivity index (χ3n) is 4.84. The normalized spacial score (nSPS) is 14.5. The zero-order chi connectivity index (χ0) is 20.3. The Labute approximate surface area is 166 Å². The zero-order valence-corrected chi connectivity index (χ0v) is 17.3. The van der Waals surface area contributed by atoms with E-state index in [4.69, 9.17) is 4.74 Å². The van der Waals surface area contributed by atoms with Gasteiger partial charge in [0.15, 0.2) is 0 Å². The molecular weight excluding hydrogens is 376 g/mol. The fraction of sp³-hybridized carbons (Fsp3) is 0.381. The van der Waals surface area contributed by atoms with Crippen molar-refractivity contribution in [1.29, 1.82) is 0 Å².